The molecule has 0 aliphatic rings. The van der Waals surface area contributed by atoms with Crippen LogP contribution in [0.4, 0.5) is 0 Å². The van der Waals surface area contributed by atoms with Crippen molar-refractivity contribution < 1.29 is 14.7 Å². The van der Waals surface area contributed by atoms with E-state index in [1.165, 1.54) is 0 Å². The van der Waals surface area contributed by atoms with E-state index in [1.54, 1.807) is 24.3 Å². The lowest BCUT2D eigenvalue weighted by Crippen LogP contribution is -2.32. The average Bonchev–Trinajstić information content (AvgIpc) is 2.18. The summed E-state index contributed by atoms with van der Waals surface area (Å²) in [5, 5.41) is 8.58. The van der Waals surface area contributed by atoms with Gasteiger partial charge in [0.1, 0.15) is 12.3 Å². The molecule has 1 aromatic carbocycles. The lowest BCUT2D eigenvalue weighted by Gasteiger charge is -2.06. The van der Waals surface area contributed by atoms with E-state index in [1.807, 2.05) is 0 Å². The smallest absolute Gasteiger partial charge is 0.320 e. The number of carbonyl (C=O) groups is 2. The van der Waals surface area contributed by atoms with Crippen molar-refractivity contribution >= 4 is 12.3 Å². The van der Waals surface area contributed by atoms with Gasteiger partial charge >= 0.3 is 5.97 Å². The van der Waals surface area contributed by atoms with Gasteiger partial charge in [-0.1, -0.05) is 18.2 Å². The van der Waals surface area contributed by atoms with Crippen LogP contribution < -0.4 is 5.73 Å². The van der Waals surface area contributed by atoms with Crippen LogP contribution >= 0.6 is 0 Å². The summed E-state index contributed by atoms with van der Waals surface area (Å²) in [6, 6.07) is 5.82. The van der Waals surface area contributed by atoms with Crippen molar-refractivity contribution in [2.75, 3.05) is 0 Å². The molecule has 0 aliphatic carbocycles. The Hall–Kier alpha value is -1.68. The second-order valence-corrected chi connectivity index (χ2v) is 3.01. The molecule has 0 unspecified atom stereocenters. The molecule has 0 spiro atoms. The van der Waals surface area contributed by atoms with E-state index in [2.05, 4.69) is 0 Å². The minimum atomic E-state index is -1.04. The maximum atomic E-state index is 10.5. The normalized spacial score (nSPS) is 12.1. The molecule has 14 heavy (non-hydrogen) atoms. The molecule has 1 atom stereocenters. The van der Waals surface area contributed by atoms with Crippen LogP contribution in [0.1, 0.15) is 15.9 Å². The highest BCUT2D eigenvalue weighted by Gasteiger charge is 2.11. The summed E-state index contributed by atoms with van der Waals surface area (Å²) in [7, 11) is 0. The van der Waals surface area contributed by atoms with E-state index in [0.717, 1.165) is 11.8 Å². The molecule has 4 heteroatoms. The van der Waals surface area contributed by atoms with E-state index in [9.17, 15) is 9.59 Å². The molecule has 1 rings (SSSR count). The summed E-state index contributed by atoms with van der Waals surface area (Å²) in [6.45, 7) is 0. The van der Waals surface area contributed by atoms with Crippen LogP contribution in [0.5, 0.6) is 0 Å². The SMILES string of the molecule is N[C@@H](Cc1cccc(C=O)c1)C(=O)O. The van der Waals surface area contributed by atoms with Gasteiger partial charge in [0.25, 0.3) is 0 Å². The van der Waals surface area contributed by atoms with Gasteiger partial charge in [-0.2, -0.15) is 0 Å². The maximum absolute atomic E-state index is 10.5. The largest absolute Gasteiger partial charge is 0.480 e. The molecule has 1 aromatic rings. The van der Waals surface area contributed by atoms with Crippen molar-refractivity contribution in [3.05, 3.63) is 35.4 Å². The number of benzene rings is 1. The van der Waals surface area contributed by atoms with Crippen LogP contribution in [0.15, 0.2) is 24.3 Å². The molecule has 0 fully saturated rings. The molecule has 0 aromatic heterocycles. The van der Waals surface area contributed by atoms with Crippen LogP contribution in [-0.4, -0.2) is 23.4 Å². The second-order valence-electron chi connectivity index (χ2n) is 3.01. The number of carboxylic acids is 1. The minimum absolute atomic E-state index is 0.233. The van der Waals surface area contributed by atoms with E-state index in [0.29, 0.717) is 5.56 Å². The Kier molecular flexibility index (Phi) is 3.36. The van der Waals surface area contributed by atoms with Gasteiger partial charge in [-0.15, -0.1) is 0 Å². The third-order valence-electron chi connectivity index (χ3n) is 1.86. The van der Waals surface area contributed by atoms with Crippen LogP contribution in [0.25, 0.3) is 0 Å². The molecule has 4 nitrogen and oxygen atoms in total. The molecule has 0 saturated heterocycles. The highest BCUT2D eigenvalue weighted by molar-refractivity contribution is 5.76. The molecule has 0 amide bonds. The fourth-order valence-electron chi connectivity index (χ4n) is 1.13. The first-order valence-corrected chi connectivity index (χ1v) is 4.16. The van der Waals surface area contributed by atoms with Gasteiger partial charge < -0.3 is 10.8 Å². The van der Waals surface area contributed by atoms with Crippen LogP contribution in [-0.2, 0) is 11.2 Å². The van der Waals surface area contributed by atoms with Gasteiger partial charge in [0, 0.05) is 5.56 Å². The van der Waals surface area contributed by atoms with Gasteiger partial charge in [0.2, 0.25) is 0 Å². The molecule has 0 bridgehead atoms. The summed E-state index contributed by atoms with van der Waals surface area (Å²) < 4.78 is 0. The van der Waals surface area contributed by atoms with Crippen molar-refractivity contribution in [3.8, 4) is 0 Å². The van der Waals surface area contributed by atoms with Gasteiger partial charge in [-0.3, -0.25) is 9.59 Å². The van der Waals surface area contributed by atoms with Gasteiger partial charge in [-0.25, -0.2) is 0 Å². The predicted molar refractivity (Wildman–Crippen MR) is 51.1 cm³/mol. The van der Waals surface area contributed by atoms with Gasteiger partial charge in [-0.05, 0) is 18.1 Å². The van der Waals surface area contributed by atoms with Crippen molar-refractivity contribution in [2.24, 2.45) is 5.73 Å². The summed E-state index contributed by atoms with van der Waals surface area (Å²) in [4.78, 5) is 20.9. The van der Waals surface area contributed by atoms with E-state index in [4.69, 9.17) is 10.8 Å². The zero-order valence-electron chi connectivity index (χ0n) is 7.51. The molecular formula is C10H11NO3. The van der Waals surface area contributed by atoms with E-state index >= 15 is 0 Å². The standard InChI is InChI=1S/C10H11NO3/c11-9(10(13)14)5-7-2-1-3-8(4-7)6-12/h1-4,6,9H,5,11H2,(H,13,14)/t9-/m0/s1. The monoisotopic (exact) mass is 193 g/mol. The quantitative estimate of drug-likeness (QED) is 0.680. The average molecular weight is 193 g/mol. The molecule has 0 radical (unpaired) electrons. The molecular weight excluding hydrogens is 182 g/mol. The number of aliphatic carboxylic acids is 1. The molecule has 74 valence electrons. The predicted octanol–water partition coefficient (Wildman–Crippen LogP) is 0.453. The Morgan fingerprint density at radius 1 is 1.57 bits per heavy atom. The van der Waals surface area contributed by atoms with Gasteiger partial charge in [0.15, 0.2) is 0 Å². The van der Waals surface area contributed by atoms with Crippen molar-refractivity contribution in [3.63, 3.8) is 0 Å². The Labute approximate surface area is 81.3 Å². The van der Waals surface area contributed by atoms with Crippen molar-refractivity contribution in [2.45, 2.75) is 12.5 Å². The molecule has 0 heterocycles. The summed E-state index contributed by atoms with van der Waals surface area (Å²) in [6.07, 6.45) is 0.951. The second kappa shape index (κ2) is 4.53. The Morgan fingerprint density at radius 2 is 2.29 bits per heavy atom. The summed E-state index contributed by atoms with van der Waals surface area (Å²) in [5.74, 6) is -1.04. The number of hydrogen-bond acceptors (Lipinski definition) is 3. The number of carboxylic acid groups (broad SMARTS) is 1. The number of nitrogens with two attached hydrogens (primary N) is 1. The molecule has 3 N–H and O–H groups in total. The topological polar surface area (TPSA) is 80.4 Å². The van der Waals surface area contributed by atoms with Crippen LogP contribution in [0, 0.1) is 0 Å². The highest BCUT2D eigenvalue weighted by atomic mass is 16.4. The van der Waals surface area contributed by atoms with Crippen molar-refractivity contribution in [1.29, 1.82) is 0 Å². The van der Waals surface area contributed by atoms with Crippen LogP contribution in [0.3, 0.4) is 0 Å². The van der Waals surface area contributed by atoms with Crippen LogP contribution in [0.2, 0.25) is 0 Å². The Balaban J connectivity index is 2.76. The van der Waals surface area contributed by atoms with E-state index in [-0.39, 0.29) is 6.42 Å². The number of hydrogen-bond donors (Lipinski definition) is 2. The number of carbonyl (C=O) groups excluding carboxylic acids is 1. The number of rotatable bonds is 4. The van der Waals surface area contributed by atoms with Gasteiger partial charge in [0.05, 0.1) is 0 Å². The number of aldehydes is 1. The fraction of sp³-hybridized carbons (Fsp3) is 0.200. The first-order valence-electron chi connectivity index (χ1n) is 4.16. The maximum Gasteiger partial charge on any atom is 0.320 e. The van der Waals surface area contributed by atoms with E-state index < -0.39 is 12.0 Å². The third kappa shape index (κ3) is 2.67. The zero-order valence-corrected chi connectivity index (χ0v) is 7.51. The third-order valence-corrected chi connectivity index (χ3v) is 1.86. The zero-order chi connectivity index (χ0) is 10.6. The fourth-order valence-corrected chi connectivity index (χ4v) is 1.13. The lowest BCUT2D eigenvalue weighted by atomic mass is 10.0. The lowest BCUT2D eigenvalue weighted by molar-refractivity contribution is -0.138. The first-order chi connectivity index (χ1) is 6.63. The first kappa shape index (κ1) is 10.4. The molecule has 0 saturated carbocycles. The Bertz CT molecular complexity index is 349. The Morgan fingerprint density at radius 3 is 2.86 bits per heavy atom. The minimum Gasteiger partial charge on any atom is -0.480 e. The summed E-state index contributed by atoms with van der Waals surface area (Å²) in [5.41, 5.74) is 6.63. The van der Waals surface area contributed by atoms with Crippen molar-refractivity contribution in [1.82, 2.24) is 0 Å². The molecule has 0 aliphatic heterocycles. The summed E-state index contributed by atoms with van der Waals surface area (Å²) >= 11 is 0. The highest BCUT2D eigenvalue weighted by Crippen LogP contribution is 2.05.